The second-order valence-corrected chi connectivity index (χ2v) is 6.80. The summed E-state index contributed by atoms with van der Waals surface area (Å²) in [6, 6.07) is 3.90. The normalized spacial score (nSPS) is 16.0. The molecule has 0 saturated heterocycles. The lowest BCUT2D eigenvalue weighted by Gasteiger charge is -2.17. The maximum absolute atomic E-state index is 6.36. The van der Waals surface area contributed by atoms with Crippen molar-refractivity contribution in [3.63, 3.8) is 0 Å². The fourth-order valence-electron chi connectivity index (χ4n) is 2.92. The molecule has 0 bridgehead atoms. The van der Waals surface area contributed by atoms with Gasteiger partial charge in [0.15, 0.2) is 5.82 Å². The molecule has 0 radical (unpaired) electrons. The maximum atomic E-state index is 6.36. The van der Waals surface area contributed by atoms with Crippen molar-refractivity contribution in [2.24, 2.45) is 5.73 Å². The minimum Gasteiger partial charge on any atom is -0.339 e. The van der Waals surface area contributed by atoms with Gasteiger partial charge in [0, 0.05) is 23.3 Å². The highest BCUT2D eigenvalue weighted by Crippen LogP contribution is 2.34. The molecule has 1 aliphatic carbocycles. The van der Waals surface area contributed by atoms with Crippen LogP contribution in [0.2, 0.25) is 0 Å². The van der Waals surface area contributed by atoms with Gasteiger partial charge in [-0.1, -0.05) is 18.0 Å². The summed E-state index contributed by atoms with van der Waals surface area (Å²) in [5.41, 5.74) is 7.88. The average Bonchev–Trinajstić information content (AvgIpc) is 3.30. The first-order valence-corrected chi connectivity index (χ1v) is 8.58. The van der Waals surface area contributed by atoms with Gasteiger partial charge in [0.25, 0.3) is 0 Å². The van der Waals surface area contributed by atoms with Crippen LogP contribution in [0.15, 0.2) is 34.4 Å². The average molecular weight is 364 g/mol. The zero-order valence-electron chi connectivity index (χ0n) is 13.0. The molecule has 24 heavy (non-hydrogen) atoms. The molecule has 6 nitrogen and oxygen atoms in total. The van der Waals surface area contributed by atoms with Crippen LogP contribution in [0.4, 0.5) is 0 Å². The number of halogens is 1. The molecular weight excluding hydrogens is 346 g/mol. The Morgan fingerprint density at radius 1 is 1.25 bits per heavy atom. The maximum Gasteiger partial charge on any atom is 0.232 e. The standard InChI is InChI=1S/C16H17N5OS.ClH/c17-16(5-1-2-6-16)15-20-13(22-21-15)8-12-10-23-14(19-12)11-4-3-7-18-9-11;/h3-4,7,9-10H,1-2,5-6,8,17H2;1H. The summed E-state index contributed by atoms with van der Waals surface area (Å²) in [4.78, 5) is 13.2. The molecule has 126 valence electrons. The zero-order chi connectivity index (χ0) is 15.7. The molecule has 3 aromatic rings. The Morgan fingerprint density at radius 2 is 2.08 bits per heavy atom. The molecule has 0 amide bonds. The predicted octanol–water partition coefficient (Wildman–Crippen LogP) is 3.33. The number of pyridine rings is 1. The van der Waals surface area contributed by atoms with E-state index in [2.05, 4.69) is 20.1 Å². The number of rotatable bonds is 4. The Morgan fingerprint density at radius 3 is 2.83 bits per heavy atom. The van der Waals surface area contributed by atoms with Crippen LogP contribution >= 0.6 is 23.7 Å². The van der Waals surface area contributed by atoms with E-state index in [9.17, 15) is 0 Å². The molecule has 3 aromatic heterocycles. The van der Waals surface area contributed by atoms with Gasteiger partial charge in [0.2, 0.25) is 5.89 Å². The zero-order valence-corrected chi connectivity index (χ0v) is 14.6. The van der Waals surface area contributed by atoms with E-state index < -0.39 is 5.54 Å². The van der Waals surface area contributed by atoms with Gasteiger partial charge in [0.05, 0.1) is 17.7 Å². The van der Waals surface area contributed by atoms with Gasteiger partial charge in [-0.05, 0) is 25.0 Å². The molecule has 3 heterocycles. The first-order valence-electron chi connectivity index (χ1n) is 7.70. The lowest BCUT2D eigenvalue weighted by molar-refractivity contribution is 0.352. The summed E-state index contributed by atoms with van der Waals surface area (Å²) >= 11 is 1.59. The van der Waals surface area contributed by atoms with E-state index in [1.165, 1.54) is 0 Å². The predicted molar refractivity (Wildman–Crippen MR) is 94.0 cm³/mol. The molecule has 0 aromatic carbocycles. The van der Waals surface area contributed by atoms with Gasteiger partial charge < -0.3 is 10.3 Å². The van der Waals surface area contributed by atoms with Gasteiger partial charge in [0.1, 0.15) is 5.01 Å². The lowest BCUT2D eigenvalue weighted by Crippen LogP contribution is -2.34. The first-order chi connectivity index (χ1) is 11.2. The second kappa shape index (κ2) is 6.96. The monoisotopic (exact) mass is 363 g/mol. The van der Waals surface area contributed by atoms with Crippen LogP contribution in [0.5, 0.6) is 0 Å². The van der Waals surface area contributed by atoms with Crippen LogP contribution in [0.3, 0.4) is 0 Å². The minimum absolute atomic E-state index is 0. The number of aromatic nitrogens is 4. The first kappa shape index (κ1) is 17.0. The van der Waals surface area contributed by atoms with E-state index in [1.54, 1.807) is 17.5 Å². The van der Waals surface area contributed by atoms with E-state index in [-0.39, 0.29) is 12.4 Å². The van der Waals surface area contributed by atoms with Crippen LogP contribution in [-0.4, -0.2) is 20.1 Å². The van der Waals surface area contributed by atoms with Crippen molar-refractivity contribution in [1.82, 2.24) is 20.1 Å². The Hall–Kier alpha value is -1.83. The third-order valence-corrected chi connectivity index (χ3v) is 5.14. The van der Waals surface area contributed by atoms with E-state index in [0.717, 1.165) is 41.9 Å². The summed E-state index contributed by atoms with van der Waals surface area (Å²) < 4.78 is 5.37. The number of nitrogens with zero attached hydrogens (tertiary/aromatic N) is 4. The van der Waals surface area contributed by atoms with E-state index in [1.807, 2.05) is 23.7 Å². The van der Waals surface area contributed by atoms with E-state index in [4.69, 9.17) is 10.3 Å². The number of thiazole rings is 1. The highest BCUT2D eigenvalue weighted by atomic mass is 35.5. The van der Waals surface area contributed by atoms with Crippen LogP contribution < -0.4 is 5.73 Å². The molecule has 8 heteroatoms. The SMILES string of the molecule is Cl.NC1(c2noc(Cc3csc(-c4cccnc4)n3)n2)CCCC1. The molecule has 0 unspecified atom stereocenters. The molecule has 0 aliphatic heterocycles. The molecular formula is C16H18ClN5OS. The van der Waals surface area contributed by atoms with Crippen LogP contribution in [-0.2, 0) is 12.0 Å². The van der Waals surface area contributed by atoms with E-state index in [0.29, 0.717) is 18.1 Å². The minimum atomic E-state index is -0.412. The molecule has 4 rings (SSSR count). The van der Waals surface area contributed by atoms with Crippen LogP contribution in [0, 0.1) is 0 Å². The van der Waals surface area contributed by atoms with Crippen molar-refractivity contribution in [3.05, 3.63) is 47.3 Å². The number of hydrogen-bond acceptors (Lipinski definition) is 7. The summed E-state index contributed by atoms with van der Waals surface area (Å²) in [6.45, 7) is 0. The summed E-state index contributed by atoms with van der Waals surface area (Å²) in [6.07, 6.45) is 8.19. The van der Waals surface area contributed by atoms with Gasteiger partial charge in [-0.15, -0.1) is 23.7 Å². The highest BCUT2D eigenvalue weighted by Gasteiger charge is 2.35. The Balaban J connectivity index is 0.00000169. The molecule has 1 fully saturated rings. The fraction of sp³-hybridized carbons (Fsp3) is 0.375. The van der Waals surface area contributed by atoms with Gasteiger partial charge in [-0.25, -0.2) is 4.98 Å². The number of hydrogen-bond donors (Lipinski definition) is 1. The topological polar surface area (TPSA) is 90.7 Å². The van der Waals surface area contributed by atoms with Crippen LogP contribution in [0.1, 0.15) is 43.1 Å². The van der Waals surface area contributed by atoms with Gasteiger partial charge in [-0.3, -0.25) is 4.98 Å². The Kier molecular flexibility index (Phi) is 4.93. The Labute approximate surface area is 149 Å². The molecule has 2 N–H and O–H groups in total. The van der Waals surface area contributed by atoms with E-state index >= 15 is 0 Å². The van der Waals surface area contributed by atoms with Crippen molar-refractivity contribution in [3.8, 4) is 10.6 Å². The second-order valence-electron chi connectivity index (χ2n) is 5.94. The highest BCUT2D eigenvalue weighted by molar-refractivity contribution is 7.13. The smallest absolute Gasteiger partial charge is 0.232 e. The van der Waals surface area contributed by atoms with Gasteiger partial charge in [-0.2, -0.15) is 4.98 Å². The van der Waals surface area contributed by atoms with Crippen molar-refractivity contribution >= 4 is 23.7 Å². The lowest BCUT2D eigenvalue weighted by atomic mass is 9.99. The molecule has 1 saturated carbocycles. The third-order valence-electron chi connectivity index (χ3n) is 4.20. The van der Waals surface area contributed by atoms with Crippen molar-refractivity contribution in [1.29, 1.82) is 0 Å². The van der Waals surface area contributed by atoms with Crippen LogP contribution in [0.25, 0.3) is 10.6 Å². The fourth-order valence-corrected chi connectivity index (χ4v) is 3.73. The summed E-state index contributed by atoms with van der Waals surface area (Å²) in [5.74, 6) is 1.20. The van der Waals surface area contributed by atoms with Crippen molar-refractivity contribution in [2.45, 2.75) is 37.6 Å². The third kappa shape index (κ3) is 3.33. The van der Waals surface area contributed by atoms with Crippen molar-refractivity contribution in [2.75, 3.05) is 0 Å². The quantitative estimate of drug-likeness (QED) is 0.764. The number of nitrogens with two attached hydrogens (primary N) is 1. The summed E-state index contributed by atoms with van der Waals surface area (Å²) in [5, 5.41) is 7.04. The Bertz CT molecular complexity index is 798. The van der Waals surface area contributed by atoms with Gasteiger partial charge >= 0.3 is 0 Å². The molecule has 1 aliphatic rings. The molecule has 0 spiro atoms. The molecule has 0 atom stereocenters. The van der Waals surface area contributed by atoms with Crippen molar-refractivity contribution < 1.29 is 4.52 Å². The summed E-state index contributed by atoms with van der Waals surface area (Å²) in [7, 11) is 0. The largest absolute Gasteiger partial charge is 0.339 e.